The van der Waals surface area contributed by atoms with Crippen LogP contribution in [-0.4, -0.2) is 60.4 Å². The van der Waals surface area contributed by atoms with Gasteiger partial charge in [0, 0.05) is 47.4 Å². The molecule has 0 aliphatic carbocycles. The largest absolute Gasteiger partial charge is 0.396 e. The second kappa shape index (κ2) is 7.36. The lowest BCUT2D eigenvalue weighted by molar-refractivity contribution is -0.0566. The van der Waals surface area contributed by atoms with Crippen LogP contribution in [0.4, 0.5) is 0 Å². The third-order valence-electron chi connectivity index (χ3n) is 4.40. The van der Waals surface area contributed by atoms with Gasteiger partial charge in [0.1, 0.15) is 0 Å². The van der Waals surface area contributed by atoms with Gasteiger partial charge in [0.25, 0.3) is 5.91 Å². The van der Waals surface area contributed by atoms with Crippen molar-refractivity contribution in [2.75, 3.05) is 26.3 Å². The van der Waals surface area contributed by atoms with E-state index in [1.54, 1.807) is 18.2 Å². The van der Waals surface area contributed by atoms with E-state index < -0.39 is 0 Å². The maximum absolute atomic E-state index is 12.4. The first-order valence-electron chi connectivity index (χ1n) is 7.78. The van der Waals surface area contributed by atoms with Crippen LogP contribution < -0.4 is 5.32 Å². The second-order valence-electron chi connectivity index (χ2n) is 6.14. The van der Waals surface area contributed by atoms with Crippen LogP contribution in [0.2, 0.25) is 10.0 Å². The summed E-state index contributed by atoms with van der Waals surface area (Å²) in [5, 5.41) is 13.0. The Labute approximate surface area is 145 Å². The third kappa shape index (κ3) is 4.17. The Morgan fingerprint density at radius 1 is 1.30 bits per heavy atom. The Bertz CT molecular complexity index is 564. The number of benzene rings is 1. The van der Waals surface area contributed by atoms with Crippen molar-refractivity contribution in [3.63, 3.8) is 0 Å². The van der Waals surface area contributed by atoms with Crippen molar-refractivity contribution in [1.29, 1.82) is 0 Å². The first-order valence-corrected chi connectivity index (χ1v) is 8.54. The van der Waals surface area contributed by atoms with E-state index >= 15 is 0 Å². The van der Waals surface area contributed by atoms with E-state index in [2.05, 4.69) is 10.2 Å². The van der Waals surface area contributed by atoms with Gasteiger partial charge in [-0.05, 0) is 31.0 Å². The van der Waals surface area contributed by atoms with Crippen molar-refractivity contribution in [3.8, 4) is 0 Å². The van der Waals surface area contributed by atoms with Gasteiger partial charge in [-0.25, -0.2) is 0 Å². The molecule has 0 saturated carbocycles. The quantitative estimate of drug-likeness (QED) is 0.863. The Balaban J connectivity index is 1.58. The number of hydrogen-bond acceptors (Lipinski definition) is 4. The van der Waals surface area contributed by atoms with Crippen LogP contribution in [0.15, 0.2) is 18.2 Å². The molecule has 0 bridgehead atoms. The molecule has 0 unspecified atom stereocenters. The lowest BCUT2D eigenvalue weighted by Crippen LogP contribution is -2.46. The zero-order valence-corrected chi connectivity index (χ0v) is 14.2. The highest BCUT2D eigenvalue weighted by Gasteiger charge is 2.37. The zero-order chi connectivity index (χ0) is 16.4. The molecule has 0 aromatic heterocycles. The zero-order valence-electron chi connectivity index (χ0n) is 12.7. The maximum Gasteiger partial charge on any atom is 0.251 e. The fourth-order valence-corrected chi connectivity index (χ4v) is 3.85. The smallest absolute Gasteiger partial charge is 0.251 e. The summed E-state index contributed by atoms with van der Waals surface area (Å²) in [4.78, 5) is 14.7. The van der Waals surface area contributed by atoms with Gasteiger partial charge in [-0.3, -0.25) is 9.69 Å². The monoisotopic (exact) mass is 358 g/mol. The molecule has 2 heterocycles. The average Bonchev–Trinajstić information content (AvgIpc) is 2.88. The molecule has 5 nitrogen and oxygen atoms in total. The number of hydrogen-bond donors (Lipinski definition) is 2. The summed E-state index contributed by atoms with van der Waals surface area (Å²) in [6, 6.07) is 5.26. The average molecular weight is 359 g/mol. The Morgan fingerprint density at radius 3 is 2.74 bits per heavy atom. The van der Waals surface area contributed by atoms with E-state index in [1.807, 2.05) is 0 Å². The number of morpholine rings is 1. The number of rotatable bonds is 4. The van der Waals surface area contributed by atoms with E-state index in [9.17, 15) is 4.79 Å². The van der Waals surface area contributed by atoms with Crippen molar-refractivity contribution in [1.82, 2.24) is 10.2 Å². The van der Waals surface area contributed by atoms with Crippen LogP contribution in [0.3, 0.4) is 0 Å². The number of amides is 1. The van der Waals surface area contributed by atoms with Crippen molar-refractivity contribution >= 4 is 29.1 Å². The van der Waals surface area contributed by atoms with Crippen molar-refractivity contribution in [3.05, 3.63) is 33.8 Å². The number of fused-ring (bicyclic) bond motifs is 1. The highest BCUT2D eigenvalue weighted by Crippen LogP contribution is 2.25. The van der Waals surface area contributed by atoms with Crippen molar-refractivity contribution in [2.45, 2.75) is 31.0 Å². The second-order valence-corrected chi connectivity index (χ2v) is 7.01. The molecule has 3 rings (SSSR count). The fraction of sp³-hybridized carbons (Fsp3) is 0.562. The summed E-state index contributed by atoms with van der Waals surface area (Å²) >= 11 is 11.9. The number of carbonyl (C=O) groups is 1. The molecule has 2 aliphatic heterocycles. The molecule has 2 fully saturated rings. The highest BCUT2D eigenvalue weighted by molar-refractivity contribution is 6.35. The molecule has 2 aliphatic rings. The topological polar surface area (TPSA) is 61.8 Å². The SMILES string of the molecule is O=C(N[C@H]1C[C@H]2CO[C@@H](CCO)CN2C1)c1cc(Cl)cc(Cl)c1. The molecule has 23 heavy (non-hydrogen) atoms. The Morgan fingerprint density at radius 2 is 2.04 bits per heavy atom. The molecule has 0 radical (unpaired) electrons. The Kier molecular flexibility index (Phi) is 5.44. The van der Waals surface area contributed by atoms with Crippen LogP contribution in [0.1, 0.15) is 23.2 Å². The van der Waals surface area contributed by atoms with Gasteiger partial charge in [0.05, 0.1) is 12.7 Å². The maximum atomic E-state index is 12.4. The summed E-state index contributed by atoms with van der Waals surface area (Å²) < 4.78 is 5.75. The lowest BCUT2D eigenvalue weighted by Gasteiger charge is -2.34. The van der Waals surface area contributed by atoms with E-state index in [0.29, 0.717) is 34.7 Å². The number of aliphatic hydroxyl groups is 1. The standard InChI is InChI=1S/C16H20Cl2N2O3/c17-11-3-10(4-12(18)5-11)16(22)19-13-6-14-9-23-15(1-2-21)8-20(14)7-13/h3-5,13-15,21H,1-2,6-9H2,(H,19,22)/t13-,14-,15-/m0/s1. The number of halogens is 2. The summed E-state index contributed by atoms with van der Waals surface area (Å²) in [5.41, 5.74) is 0.474. The summed E-state index contributed by atoms with van der Waals surface area (Å²) in [6.45, 7) is 2.40. The Hall–Kier alpha value is -0.850. The van der Waals surface area contributed by atoms with Gasteiger partial charge in [-0.1, -0.05) is 23.2 Å². The van der Waals surface area contributed by atoms with Crippen LogP contribution >= 0.6 is 23.2 Å². The predicted molar refractivity (Wildman–Crippen MR) is 89.1 cm³/mol. The molecule has 126 valence electrons. The van der Waals surface area contributed by atoms with Gasteiger partial charge in [-0.2, -0.15) is 0 Å². The lowest BCUT2D eigenvalue weighted by atomic mass is 10.1. The number of carbonyl (C=O) groups excluding carboxylic acids is 1. The molecule has 1 aromatic rings. The third-order valence-corrected chi connectivity index (χ3v) is 4.84. The first kappa shape index (κ1) is 17.0. The summed E-state index contributed by atoms with van der Waals surface area (Å²) in [7, 11) is 0. The molecule has 2 N–H and O–H groups in total. The van der Waals surface area contributed by atoms with E-state index in [1.165, 1.54) is 0 Å². The van der Waals surface area contributed by atoms with Gasteiger partial charge < -0.3 is 15.2 Å². The molecular formula is C16H20Cl2N2O3. The normalized spacial score (nSPS) is 27.7. The van der Waals surface area contributed by atoms with Gasteiger partial charge in [0.2, 0.25) is 0 Å². The minimum atomic E-state index is -0.160. The van der Waals surface area contributed by atoms with Gasteiger partial charge in [0.15, 0.2) is 0 Å². The number of nitrogens with one attached hydrogen (secondary N) is 1. The fourth-order valence-electron chi connectivity index (χ4n) is 3.32. The molecule has 7 heteroatoms. The van der Waals surface area contributed by atoms with E-state index in [4.69, 9.17) is 33.0 Å². The minimum absolute atomic E-state index is 0.0810. The number of ether oxygens (including phenoxy) is 1. The summed E-state index contributed by atoms with van der Waals surface area (Å²) in [6.07, 6.45) is 1.60. The van der Waals surface area contributed by atoms with Crippen LogP contribution in [-0.2, 0) is 4.74 Å². The predicted octanol–water partition coefficient (Wildman–Crippen LogP) is 1.95. The number of nitrogens with zero attached hydrogens (tertiary/aromatic N) is 1. The molecule has 3 atom stereocenters. The molecule has 1 aromatic carbocycles. The van der Waals surface area contributed by atoms with Crippen molar-refractivity contribution in [2.24, 2.45) is 0 Å². The molecule has 1 amide bonds. The van der Waals surface area contributed by atoms with Crippen LogP contribution in [0, 0.1) is 0 Å². The van der Waals surface area contributed by atoms with E-state index in [0.717, 1.165) is 19.5 Å². The first-order chi connectivity index (χ1) is 11.0. The van der Waals surface area contributed by atoms with Crippen LogP contribution in [0.5, 0.6) is 0 Å². The van der Waals surface area contributed by atoms with Gasteiger partial charge >= 0.3 is 0 Å². The number of aliphatic hydroxyl groups excluding tert-OH is 1. The minimum Gasteiger partial charge on any atom is -0.396 e. The molecular weight excluding hydrogens is 339 g/mol. The van der Waals surface area contributed by atoms with Crippen molar-refractivity contribution < 1.29 is 14.6 Å². The highest BCUT2D eigenvalue weighted by atomic mass is 35.5. The van der Waals surface area contributed by atoms with E-state index in [-0.39, 0.29) is 24.7 Å². The summed E-state index contributed by atoms with van der Waals surface area (Å²) in [5.74, 6) is -0.160. The van der Waals surface area contributed by atoms with Gasteiger partial charge in [-0.15, -0.1) is 0 Å². The van der Waals surface area contributed by atoms with Crippen LogP contribution in [0.25, 0.3) is 0 Å². The molecule has 2 saturated heterocycles. The molecule has 0 spiro atoms.